The second-order valence-corrected chi connectivity index (χ2v) is 2.28. The fourth-order valence-electron chi connectivity index (χ4n) is 0.859. The van der Waals surface area contributed by atoms with Gasteiger partial charge in [0.25, 0.3) is 0 Å². The number of carboxylic acid groups (broad SMARTS) is 1. The number of methoxy groups -OCH3 is 3. The lowest BCUT2D eigenvalue weighted by molar-refractivity contribution is -0.140. The molecule has 0 atom stereocenters. The van der Waals surface area contributed by atoms with Crippen LogP contribution in [-0.2, 0) is 19.0 Å². The smallest absolute Gasteiger partial charge is 0.340 e. The van der Waals surface area contributed by atoms with Gasteiger partial charge in [-0.05, 0) is 6.92 Å². The lowest BCUT2D eigenvalue weighted by atomic mass is 10.2. The van der Waals surface area contributed by atoms with Crippen molar-refractivity contribution in [3.05, 3.63) is 11.3 Å². The Labute approximate surface area is 76.9 Å². The standard InChI is InChI=1S/C8H14O5/c1-5(11-2)6(7(9)10)8(12-3)13-4/h8H,1-4H3,(H,9,10). The third kappa shape index (κ3) is 3.04. The molecule has 0 aliphatic carbocycles. The molecule has 0 aliphatic rings. The Hall–Kier alpha value is -1.07. The number of carboxylic acids is 1. The Kier molecular flexibility index (Phi) is 5.10. The molecule has 13 heavy (non-hydrogen) atoms. The Bertz CT molecular complexity index is 205. The van der Waals surface area contributed by atoms with Crippen molar-refractivity contribution in [3.8, 4) is 0 Å². The summed E-state index contributed by atoms with van der Waals surface area (Å²) in [4.78, 5) is 10.8. The molecule has 0 aromatic rings. The predicted molar refractivity (Wildman–Crippen MR) is 45.2 cm³/mol. The van der Waals surface area contributed by atoms with Crippen molar-refractivity contribution in [3.63, 3.8) is 0 Å². The van der Waals surface area contributed by atoms with Gasteiger partial charge in [-0.15, -0.1) is 0 Å². The minimum Gasteiger partial charge on any atom is -0.501 e. The van der Waals surface area contributed by atoms with Crippen molar-refractivity contribution in [2.75, 3.05) is 21.3 Å². The molecule has 0 saturated carbocycles. The topological polar surface area (TPSA) is 65.0 Å². The van der Waals surface area contributed by atoms with E-state index in [0.29, 0.717) is 0 Å². The van der Waals surface area contributed by atoms with E-state index in [1.165, 1.54) is 28.3 Å². The highest BCUT2D eigenvalue weighted by Gasteiger charge is 2.23. The van der Waals surface area contributed by atoms with Gasteiger partial charge in [0, 0.05) is 14.2 Å². The van der Waals surface area contributed by atoms with E-state index in [0.717, 1.165) is 0 Å². The average molecular weight is 190 g/mol. The summed E-state index contributed by atoms with van der Waals surface area (Å²) in [5.74, 6) is -0.853. The highest BCUT2D eigenvalue weighted by Crippen LogP contribution is 2.13. The molecule has 1 N–H and O–H groups in total. The van der Waals surface area contributed by atoms with E-state index in [4.69, 9.17) is 19.3 Å². The number of rotatable bonds is 5. The van der Waals surface area contributed by atoms with Crippen LogP contribution in [-0.4, -0.2) is 38.7 Å². The molecule has 5 heteroatoms. The van der Waals surface area contributed by atoms with Gasteiger partial charge in [0.05, 0.1) is 7.11 Å². The van der Waals surface area contributed by atoms with Gasteiger partial charge in [0.1, 0.15) is 11.3 Å². The van der Waals surface area contributed by atoms with Crippen molar-refractivity contribution in [1.29, 1.82) is 0 Å². The van der Waals surface area contributed by atoms with E-state index in [1.807, 2.05) is 0 Å². The highest BCUT2D eigenvalue weighted by atomic mass is 16.7. The van der Waals surface area contributed by atoms with Crippen LogP contribution < -0.4 is 0 Å². The molecule has 0 heterocycles. The molecule has 0 aromatic heterocycles. The quantitative estimate of drug-likeness (QED) is 0.391. The number of allylic oxidation sites excluding steroid dienone is 1. The average Bonchev–Trinajstić information content (AvgIpc) is 2.12. The molecule has 0 rings (SSSR count). The van der Waals surface area contributed by atoms with Gasteiger partial charge in [0.15, 0.2) is 6.29 Å². The molecule has 0 radical (unpaired) electrons. The maximum absolute atomic E-state index is 10.8. The Morgan fingerprint density at radius 3 is 1.92 bits per heavy atom. The van der Waals surface area contributed by atoms with Crippen LogP contribution in [0.5, 0.6) is 0 Å². The zero-order chi connectivity index (χ0) is 10.4. The van der Waals surface area contributed by atoms with Crippen molar-refractivity contribution >= 4 is 5.97 Å². The predicted octanol–water partition coefficient (Wildman–Crippen LogP) is 0.610. The van der Waals surface area contributed by atoms with Crippen molar-refractivity contribution in [2.24, 2.45) is 0 Å². The minimum absolute atomic E-state index is 0.0347. The summed E-state index contributed by atoms with van der Waals surface area (Å²) in [6, 6.07) is 0. The van der Waals surface area contributed by atoms with E-state index >= 15 is 0 Å². The molecule has 0 amide bonds. The summed E-state index contributed by atoms with van der Waals surface area (Å²) in [5.41, 5.74) is -0.0347. The molecule has 76 valence electrons. The summed E-state index contributed by atoms with van der Waals surface area (Å²) in [6.45, 7) is 1.54. The number of hydrogen-bond donors (Lipinski definition) is 1. The summed E-state index contributed by atoms with van der Waals surface area (Å²) < 4.78 is 14.4. The first-order valence-corrected chi connectivity index (χ1v) is 3.62. The largest absolute Gasteiger partial charge is 0.501 e. The fraction of sp³-hybridized carbons (Fsp3) is 0.625. The van der Waals surface area contributed by atoms with Gasteiger partial charge >= 0.3 is 5.97 Å². The van der Waals surface area contributed by atoms with Crippen LogP contribution in [0.25, 0.3) is 0 Å². The monoisotopic (exact) mass is 190 g/mol. The van der Waals surface area contributed by atoms with Crippen molar-refractivity contribution in [1.82, 2.24) is 0 Å². The zero-order valence-corrected chi connectivity index (χ0v) is 8.16. The molecule has 5 nitrogen and oxygen atoms in total. The van der Waals surface area contributed by atoms with Gasteiger partial charge in [0.2, 0.25) is 0 Å². The maximum atomic E-state index is 10.8. The van der Waals surface area contributed by atoms with Crippen LogP contribution in [0.2, 0.25) is 0 Å². The third-order valence-electron chi connectivity index (χ3n) is 1.58. The molecule has 0 aliphatic heterocycles. The first kappa shape index (κ1) is 11.9. The summed E-state index contributed by atoms with van der Waals surface area (Å²) in [6.07, 6.45) is -0.905. The molecule has 0 spiro atoms. The molecule has 0 aromatic carbocycles. The van der Waals surface area contributed by atoms with Crippen molar-refractivity contribution in [2.45, 2.75) is 13.2 Å². The number of hydrogen-bond acceptors (Lipinski definition) is 4. The normalized spacial score (nSPS) is 12.7. The maximum Gasteiger partial charge on any atom is 0.340 e. The lowest BCUT2D eigenvalue weighted by Crippen LogP contribution is -2.23. The van der Waals surface area contributed by atoms with E-state index in [-0.39, 0.29) is 11.3 Å². The van der Waals surface area contributed by atoms with Crippen molar-refractivity contribution < 1.29 is 24.1 Å². The molecule has 0 unspecified atom stereocenters. The lowest BCUT2D eigenvalue weighted by Gasteiger charge is -2.15. The molecule has 0 fully saturated rings. The van der Waals surface area contributed by atoms with E-state index in [1.54, 1.807) is 0 Å². The van der Waals surface area contributed by atoms with Gasteiger partial charge in [-0.25, -0.2) is 4.79 Å². The van der Waals surface area contributed by atoms with Gasteiger partial charge in [-0.1, -0.05) is 0 Å². The highest BCUT2D eigenvalue weighted by molar-refractivity contribution is 5.87. The Balaban J connectivity index is 4.89. The summed E-state index contributed by atoms with van der Waals surface area (Å²) in [5, 5.41) is 8.81. The second-order valence-electron chi connectivity index (χ2n) is 2.28. The number of carbonyl (C=O) groups is 1. The van der Waals surface area contributed by atoms with Crippen LogP contribution >= 0.6 is 0 Å². The van der Waals surface area contributed by atoms with E-state index < -0.39 is 12.3 Å². The van der Waals surface area contributed by atoms with Gasteiger partial charge < -0.3 is 19.3 Å². The van der Waals surface area contributed by atoms with Crippen LogP contribution in [0.3, 0.4) is 0 Å². The summed E-state index contributed by atoms with van der Waals surface area (Å²) in [7, 11) is 4.11. The first-order chi connectivity index (χ1) is 6.08. The van der Waals surface area contributed by atoms with Crippen LogP contribution in [0, 0.1) is 0 Å². The van der Waals surface area contributed by atoms with E-state index in [9.17, 15) is 4.79 Å². The first-order valence-electron chi connectivity index (χ1n) is 3.62. The molecular weight excluding hydrogens is 176 g/mol. The fourth-order valence-corrected chi connectivity index (χ4v) is 0.859. The minimum atomic E-state index is -1.12. The van der Waals surface area contributed by atoms with Crippen LogP contribution in [0.1, 0.15) is 6.92 Å². The zero-order valence-electron chi connectivity index (χ0n) is 8.16. The molecule has 0 saturated heterocycles. The Morgan fingerprint density at radius 1 is 1.23 bits per heavy atom. The van der Waals surface area contributed by atoms with Crippen LogP contribution in [0.15, 0.2) is 11.3 Å². The van der Waals surface area contributed by atoms with Gasteiger partial charge in [-0.2, -0.15) is 0 Å². The van der Waals surface area contributed by atoms with E-state index in [2.05, 4.69) is 0 Å². The van der Waals surface area contributed by atoms with Gasteiger partial charge in [-0.3, -0.25) is 0 Å². The molecule has 0 bridgehead atoms. The third-order valence-corrected chi connectivity index (χ3v) is 1.58. The summed E-state index contributed by atoms with van der Waals surface area (Å²) >= 11 is 0. The van der Waals surface area contributed by atoms with Crippen LogP contribution in [0.4, 0.5) is 0 Å². The Morgan fingerprint density at radius 2 is 1.69 bits per heavy atom. The molecular formula is C8H14O5. The second kappa shape index (κ2) is 5.55. The number of ether oxygens (including phenoxy) is 3. The SMILES string of the molecule is COC(C)=C(C(=O)O)C(OC)OC. The number of aliphatic carboxylic acids is 1.